The van der Waals surface area contributed by atoms with E-state index in [1.54, 1.807) is 0 Å². The van der Waals surface area contributed by atoms with Gasteiger partial charge < -0.3 is 5.32 Å². The molecule has 0 aliphatic rings. The first kappa shape index (κ1) is 20.8. The van der Waals surface area contributed by atoms with E-state index in [1.807, 2.05) is 66.0 Å². The van der Waals surface area contributed by atoms with Crippen LogP contribution in [0.25, 0.3) is 32.5 Å². The van der Waals surface area contributed by atoms with Gasteiger partial charge in [-0.15, -0.1) is 11.3 Å². The Morgan fingerprint density at radius 1 is 0.848 bits per heavy atom. The molecule has 0 atom stereocenters. The van der Waals surface area contributed by atoms with E-state index in [4.69, 9.17) is 0 Å². The Bertz CT molecular complexity index is 1460. The Balaban J connectivity index is 1.39. The Kier molecular flexibility index (Phi) is 5.83. The lowest BCUT2D eigenvalue weighted by atomic mass is 10.0. The fraction of sp³-hybridized carbons (Fsp3) is 0.0741. The van der Waals surface area contributed by atoms with Gasteiger partial charge in [-0.2, -0.15) is 0 Å². The predicted octanol–water partition coefficient (Wildman–Crippen LogP) is 5.11. The van der Waals surface area contributed by atoms with E-state index in [-0.39, 0.29) is 18.0 Å². The molecule has 1 N–H and O–H groups in total. The maximum absolute atomic E-state index is 13.2. The summed E-state index contributed by atoms with van der Waals surface area (Å²) in [6, 6.07) is 28.0. The average molecular weight is 452 g/mol. The van der Waals surface area contributed by atoms with Crippen LogP contribution in [0.4, 0.5) is 0 Å². The molecule has 0 aliphatic carbocycles. The van der Waals surface area contributed by atoms with Crippen molar-refractivity contribution < 1.29 is 4.79 Å². The summed E-state index contributed by atoms with van der Waals surface area (Å²) in [5.41, 5.74) is 4.84. The lowest BCUT2D eigenvalue weighted by Crippen LogP contribution is -2.32. The first-order valence-corrected chi connectivity index (χ1v) is 11.5. The highest BCUT2D eigenvalue weighted by Gasteiger charge is 2.15. The van der Waals surface area contributed by atoms with Crippen molar-refractivity contribution in [3.05, 3.63) is 113 Å². The number of thiophene rings is 1. The summed E-state index contributed by atoms with van der Waals surface area (Å²) in [4.78, 5) is 30.8. The van der Waals surface area contributed by atoms with Crippen LogP contribution in [-0.4, -0.2) is 15.5 Å². The zero-order chi connectivity index (χ0) is 22.6. The molecule has 0 aliphatic heterocycles. The molecule has 0 fully saturated rings. The molecule has 0 saturated carbocycles. The summed E-state index contributed by atoms with van der Waals surface area (Å²) in [6.07, 6.45) is 1.45. The van der Waals surface area contributed by atoms with Crippen LogP contribution in [0.1, 0.15) is 5.56 Å². The number of carbonyl (C=O) groups is 1. The highest BCUT2D eigenvalue weighted by Crippen LogP contribution is 2.32. The highest BCUT2D eigenvalue weighted by atomic mass is 32.1. The molecule has 0 unspecified atom stereocenters. The van der Waals surface area contributed by atoms with Crippen LogP contribution >= 0.6 is 11.3 Å². The molecular formula is C27H21N3O2S. The van der Waals surface area contributed by atoms with Gasteiger partial charge >= 0.3 is 0 Å². The molecule has 6 heteroatoms. The lowest BCUT2D eigenvalue weighted by molar-refractivity contribution is -0.121. The summed E-state index contributed by atoms with van der Waals surface area (Å²) in [6.45, 7) is 0.346. The summed E-state index contributed by atoms with van der Waals surface area (Å²) in [5, 5.41) is 5.36. The van der Waals surface area contributed by atoms with E-state index in [0.717, 1.165) is 27.8 Å². The second-order valence-electron chi connectivity index (χ2n) is 7.71. The maximum atomic E-state index is 13.2. The van der Waals surface area contributed by atoms with Crippen molar-refractivity contribution in [3.8, 4) is 22.3 Å². The number of nitrogens with one attached hydrogen (secondary N) is 1. The minimum absolute atomic E-state index is 0.0726. The van der Waals surface area contributed by atoms with Gasteiger partial charge in [0.05, 0.1) is 11.7 Å². The van der Waals surface area contributed by atoms with Crippen LogP contribution in [-0.2, 0) is 17.9 Å². The minimum atomic E-state index is -0.230. The van der Waals surface area contributed by atoms with E-state index in [2.05, 4.69) is 34.6 Å². The maximum Gasteiger partial charge on any atom is 0.263 e. The first-order valence-electron chi connectivity index (χ1n) is 10.6. The molecule has 162 valence electrons. The average Bonchev–Trinajstić information content (AvgIpc) is 3.31. The van der Waals surface area contributed by atoms with Crippen molar-refractivity contribution >= 4 is 27.5 Å². The standard InChI is InChI=1S/C27H21N3O2S/c31-24(28-15-19-7-3-1-4-8-19)16-30-18-29-26-25(27(30)32)23(17-33-26)22-13-11-21(12-14-22)20-9-5-2-6-10-20/h1-14,17-18H,15-16H2,(H,28,31). The number of benzene rings is 3. The van der Waals surface area contributed by atoms with Crippen LogP contribution in [0.15, 0.2) is 101 Å². The molecule has 5 nitrogen and oxygen atoms in total. The number of hydrogen-bond acceptors (Lipinski definition) is 4. The number of amides is 1. The van der Waals surface area contributed by atoms with Crippen molar-refractivity contribution in [2.24, 2.45) is 0 Å². The first-order chi connectivity index (χ1) is 16.2. The second kappa shape index (κ2) is 9.22. The van der Waals surface area contributed by atoms with Crippen LogP contribution in [0, 0.1) is 0 Å². The molecule has 3 aromatic carbocycles. The molecule has 5 aromatic rings. The quantitative estimate of drug-likeness (QED) is 0.390. The minimum Gasteiger partial charge on any atom is -0.350 e. The van der Waals surface area contributed by atoms with E-state index in [0.29, 0.717) is 16.8 Å². The van der Waals surface area contributed by atoms with Crippen molar-refractivity contribution in [3.63, 3.8) is 0 Å². The molecule has 5 rings (SSSR count). The van der Waals surface area contributed by atoms with Crippen molar-refractivity contribution in [1.29, 1.82) is 0 Å². The van der Waals surface area contributed by atoms with Gasteiger partial charge in [0, 0.05) is 17.5 Å². The summed E-state index contributed by atoms with van der Waals surface area (Å²) < 4.78 is 1.37. The smallest absolute Gasteiger partial charge is 0.263 e. The third-order valence-electron chi connectivity index (χ3n) is 5.51. The van der Waals surface area contributed by atoms with Gasteiger partial charge in [-0.1, -0.05) is 84.9 Å². The van der Waals surface area contributed by atoms with Crippen molar-refractivity contribution in [2.75, 3.05) is 0 Å². The van der Waals surface area contributed by atoms with Gasteiger partial charge in [-0.05, 0) is 22.3 Å². The molecular weight excluding hydrogens is 430 g/mol. The number of carbonyl (C=O) groups excluding carboxylic acids is 1. The lowest BCUT2D eigenvalue weighted by Gasteiger charge is -2.08. The van der Waals surface area contributed by atoms with Crippen LogP contribution < -0.4 is 10.9 Å². The number of rotatable bonds is 6. The zero-order valence-corrected chi connectivity index (χ0v) is 18.6. The topological polar surface area (TPSA) is 64.0 Å². The van der Waals surface area contributed by atoms with Crippen molar-refractivity contribution in [1.82, 2.24) is 14.9 Å². The second-order valence-corrected chi connectivity index (χ2v) is 8.57. The van der Waals surface area contributed by atoms with Gasteiger partial charge in [-0.25, -0.2) is 4.98 Å². The van der Waals surface area contributed by atoms with E-state index >= 15 is 0 Å². The number of fused-ring (bicyclic) bond motifs is 1. The molecule has 2 aromatic heterocycles. The number of hydrogen-bond donors (Lipinski definition) is 1. The van der Waals surface area contributed by atoms with E-state index in [9.17, 15) is 9.59 Å². The molecule has 33 heavy (non-hydrogen) atoms. The Hall–Kier alpha value is -4.03. The van der Waals surface area contributed by atoms with Gasteiger partial charge in [0.2, 0.25) is 5.91 Å². The molecule has 2 heterocycles. The molecule has 0 saturated heterocycles. The number of aromatic nitrogens is 2. The molecule has 0 bridgehead atoms. The Morgan fingerprint density at radius 3 is 2.21 bits per heavy atom. The SMILES string of the molecule is O=C(Cn1cnc2scc(-c3ccc(-c4ccccc4)cc3)c2c1=O)NCc1ccccc1. The highest BCUT2D eigenvalue weighted by molar-refractivity contribution is 7.17. The summed E-state index contributed by atoms with van der Waals surface area (Å²) >= 11 is 1.43. The summed E-state index contributed by atoms with van der Waals surface area (Å²) in [7, 11) is 0. The molecule has 0 spiro atoms. The largest absolute Gasteiger partial charge is 0.350 e. The molecule has 1 amide bonds. The third-order valence-corrected chi connectivity index (χ3v) is 6.40. The monoisotopic (exact) mass is 451 g/mol. The Morgan fingerprint density at radius 2 is 1.48 bits per heavy atom. The molecule has 0 radical (unpaired) electrons. The summed E-state index contributed by atoms with van der Waals surface area (Å²) in [5.74, 6) is -0.230. The fourth-order valence-corrected chi connectivity index (χ4v) is 4.68. The van der Waals surface area contributed by atoms with E-state index < -0.39 is 0 Å². The zero-order valence-electron chi connectivity index (χ0n) is 17.8. The van der Waals surface area contributed by atoms with Gasteiger partial charge in [0.1, 0.15) is 11.4 Å². The van der Waals surface area contributed by atoms with Crippen LogP contribution in [0.5, 0.6) is 0 Å². The Labute approximate surface area is 195 Å². The fourth-order valence-electron chi connectivity index (χ4n) is 3.77. The predicted molar refractivity (Wildman–Crippen MR) is 133 cm³/mol. The normalized spacial score (nSPS) is 10.9. The van der Waals surface area contributed by atoms with Gasteiger partial charge in [0.25, 0.3) is 5.56 Å². The number of nitrogens with zero attached hydrogens (tertiary/aromatic N) is 2. The van der Waals surface area contributed by atoms with Crippen LogP contribution in [0.3, 0.4) is 0 Å². The third kappa shape index (κ3) is 4.47. The van der Waals surface area contributed by atoms with Crippen LogP contribution in [0.2, 0.25) is 0 Å². The van der Waals surface area contributed by atoms with E-state index in [1.165, 1.54) is 22.2 Å². The van der Waals surface area contributed by atoms with Gasteiger partial charge in [-0.3, -0.25) is 14.2 Å². The van der Waals surface area contributed by atoms with Gasteiger partial charge in [0.15, 0.2) is 0 Å². The van der Waals surface area contributed by atoms with Crippen molar-refractivity contribution in [2.45, 2.75) is 13.1 Å².